The molecule has 0 saturated heterocycles. The largest absolute Gasteiger partial charge is 0.481 e. The van der Waals surface area contributed by atoms with Crippen molar-refractivity contribution in [3.05, 3.63) is 78.4 Å². The van der Waals surface area contributed by atoms with Crippen LogP contribution >= 0.6 is 0 Å². The molecule has 4 N–H and O–H groups in total. The molecular weight excluding hydrogens is 482 g/mol. The first-order valence-electron chi connectivity index (χ1n) is 11.1. The Bertz CT molecular complexity index is 1370. The summed E-state index contributed by atoms with van der Waals surface area (Å²) < 4.78 is 30.1. The first kappa shape index (κ1) is 26.4. The van der Waals surface area contributed by atoms with Crippen LogP contribution in [0.25, 0.3) is 11.1 Å². The van der Waals surface area contributed by atoms with Crippen LogP contribution in [0.5, 0.6) is 5.75 Å². The maximum atomic E-state index is 13.0. The van der Waals surface area contributed by atoms with Gasteiger partial charge in [0.05, 0.1) is 4.90 Å². The highest BCUT2D eigenvalue weighted by atomic mass is 32.2. The minimum Gasteiger partial charge on any atom is -0.481 e. The Balaban J connectivity index is 1.74. The third kappa shape index (κ3) is 6.92. The van der Waals surface area contributed by atoms with E-state index in [9.17, 15) is 18.0 Å². The summed E-state index contributed by atoms with van der Waals surface area (Å²) in [5.74, 6) is -0.349. The van der Waals surface area contributed by atoms with Crippen LogP contribution < -0.4 is 15.4 Å². The van der Waals surface area contributed by atoms with E-state index in [1.54, 1.807) is 66.7 Å². The van der Waals surface area contributed by atoms with E-state index < -0.39 is 22.0 Å². The number of carbonyl (C=O) groups is 2. The highest BCUT2D eigenvalue weighted by Crippen LogP contribution is 2.28. The quantitative estimate of drug-likeness (QED) is 0.246. The van der Waals surface area contributed by atoms with Gasteiger partial charge in [-0.25, -0.2) is 13.2 Å². The van der Waals surface area contributed by atoms with E-state index in [1.165, 1.54) is 6.07 Å². The number of sulfone groups is 1. The van der Waals surface area contributed by atoms with Gasteiger partial charge in [0.2, 0.25) is 0 Å². The van der Waals surface area contributed by atoms with Crippen LogP contribution in [0.3, 0.4) is 0 Å². The number of amidine groups is 1. The van der Waals surface area contributed by atoms with Crippen LogP contribution in [-0.2, 0) is 14.6 Å². The van der Waals surface area contributed by atoms with Gasteiger partial charge in [0.1, 0.15) is 11.6 Å². The molecule has 2 amide bonds. The van der Waals surface area contributed by atoms with E-state index >= 15 is 0 Å². The van der Waals surface area contributed by atoms with Gasteiger partial charge >= 0.3 is 6.09 Å². The molecule has 1 unspecified atom stereocenters. The second kappa shape index (κ2) is 11.5. The van der Waals surface area contributed by atoms with Gasteiger partial charge in [-0.2, -0.15) is 0 Å². The lowest BCUT2D eigenvalue weighted by atomic mass is 10.1. The first-order chi connectivity index (χ1) is 17.1. The Morgan fingerprint density at radius 3 is 2.36 bits per heavy atom. The number of nitrogens with one attached hydrogen (secondary N) is 3. The third-order valence-corrected chi connectivity index (χ3v) is 6.38. The minimum absolute atomic E-state index is 0.229. The molecule has 0 fully saturated rings. The van der Waals surface area contributed by atoms with E-state index in [-0.39, 0.29) is 16.6 Å². The summed E-state index contributed by atoms with van der Waals surface area (Å²) >= 11 is 0. The molecule has 9 nitrogen and oxygen atoms in total. The Labute approximate surface area is 209 Å². The number of rotatable bonds is 9. The van der Waals surface area contributed by atoms with E-state index in [1.807, 2.05) is 12.2 Å². The van der Waals surface area contributed by atoms with Gasteiger partial charge in [-0.3, -0.25) is 15.5 Å². The van der Waals surface area contributed by atoms with Gasteiger partial charge in [-0.05, 0) is 42.3 Å². The first-order valence-corrected chi connectivity index (χ1v) is 13.0. The zero-order valence-corrected chi connectivity index (χ0v) is 20.6. The van der Waals surface area contributed by atoms with Crippen molar-refractivity contribution in [3.8, 4) is 16.9 Å². The van der Waals surface area contributed by atoms with Crippen molar-refractivity contribution in [2.24, 2.45) is 0 Å². The van der Waals surface area contributed by atoms with Crippen LogP contribution in [-0.4, -0.2) is 43.7 Å². The molecule has 0 aliphatic heterocycles. The minimum atomic E-state index is -3.41. The molecule has 0 radical (unpaired) electrons. The molecule has 188 valence electrons. The maximum Gasteiger partial charge on any atom is 0.410 e. The molecule has 0 spiro atoms. The summed E-state index contributed by atoms with van der Waals surface area (Å²) in [7, 11) is -3.41. The van der Waals surface area contributed by atoms with Gasteiger partial charge in [-0.15, -0.1) is 0 Å². The summed E-state index contributed by atoms with van der Waals surface area (Å²) in [4.78, 5) is 24.0. The molecule has 0 aromatic heterocycles. The monoisotopic (exact) mass is 509 g/mol. The Hall–Kier alpha value is -4.18. The average Bonchev–Trinajstić information content (AvgIpc) is 2.83. The van der Waals surface area contributed by atoms with Gasteiger partial charge in [-0.1, -0.05) is 55.8 Å². The molecule has 3 aromatic rings. The van der Waals surface area contributed by atoms with Crippen molar-refractivity contribution in [3.63, 3.8) is 0 Å². The summed E-state index contributed by atoms with van der Waals surface area (Å²) in [5.41, 5.74) is 2.10. The van der Waals surface area contributed by atoms with Crippen LogP contribution in [0.15, 0.2) is 77.7 Å². The average molecular weight is 510 g/mol. The van der Waals surface area contributed by atoms with Crippen LogP contribution in [0.2, 0.25) is 0 Å². The van der Waals surface area contributed by atoms with Crippen molar-refractivity contribution in [2.75, 3.05) is 11.6 Å². The summed E-state index contributed by atoms with van der Waals surface area (Å²) in [6.07, 6.45) is 0.101. The number of carbonyl (C=O) groups excluding carboxylic acids is 1. The lowest BCUT2D eigenvalue weighted by Gasteiger charge is -2.19. The predicted octanol–water partition coefficient (Wildman–Crippen LogP) is 4.54. The number of carboxylic acid groups (broad SMARTS) is 1. The second-order valence-corrected chi connectivity index (χ2v) is 10.0. The maximum absolute atomic E-state index is 13.0. The van der Waals surface area contributed by atoms with E-state index in [4.69, 9.17) is 15.3 Å². The topological polar surface area (TPSA) is 146 Å². The van der Waals surface area contributed by atoms with Gasteiger partial charge in [0.25, 0.3) is 5.91 Å². The molecule has 1 atom stereocenters. The number of amides is 2. The standard InChI is InChI=1S/C26H27N3O6S/c1-3-7-22(35-20-9-6-8-18(16-20)24(27)29-26(31)32)25(30)28-19-14-12-17(13-15-19)21-10-4-5-11-23(21)36(2,33)34/h4-6,8-16,22H,3,7H2,1-2H3,(H2,27,29)(H,28,30)(H,31,32). The lowest BCUT2D eigenvalue weighted by Crippen LogP contribution is -2.33. The Morgan fingerprint density at radius 1 is 1.03 bits per heavy atom. The van der Waals surface area contributed by atoms with Crippen LogP contribution in [0.1, 0.15) is 25.3 Å². The normalized spacial score (nSPS) is 11.8. The molecule has 0 aliphatic carbocycles. The van der Waals surface area contributed by atoms with Crippen LogP contribution in [0.4, 0.5) is 10.5 Å². The van der Waals surface area contributed by atoms with Crippen molar-refractivity contribution in [1.82, 2.24) is 5.32 Å². The number of ether oxygens (including phenoxy) is 1. The van der Waals surface area contributed by atoms with E-state index in [0.717, 1.165) is 6.26 Å². The molecule has 0 bridgehead atoms. The molecule has 3 aromatic carbocycles. The molecule has 0 aliphatic rings. The van der Waals surface area contributed by atoms with E-state index in [0.29, 0.717) is 41.0 Å². The fourth-order valence-electron chi connectivity index (χ4n) is 3.56. The van der Waals surface area contributed by atoms with Crippen LogP contribution in [0, 0.1) is 5.41 Å². The second-order valence-electron chi connectivity index (χ2n) is 8.06. The zero-order valence-electron chi connectivity index (χ0n) is 19.8. The fraction of sp³-hybridized carbons (Fsp3) is 0.192. The van der Waals surface area contributed by atoms with Gasteiger partial charge in [0.15, 0.2) is 15.9 Å². The number of benzene rings is 3. The number of anilines is 1. The Kier molecular flexibility index (Phi) is 8.44. The molecule has 0 heterocycles. The molecular formula is C26H27N3O6S. The van der Waals surface area contributed by atoms with Crippen molar-refractivity contribution >= 4 is 33.4 Å². The third-order valence-electron chi connectivity index (χ3n) is 5.23. The fourth-order valence-corrected chi connectivity index (χ4v) is 4.47. The lowest BCUT2D eigenvalue weighted by molar-refractivity contribution is -0.123. The van der Waals surface area contributed by atoms with Crippen molar-refractivity contribution < 1.29 is 27.9 Å². The number of hydrogen-bond donors (Lipinski definition) is 4. The molecule has 0 saturated carbocycles. The predicted molar refractivity (Wildman–Crippen MR) is 137 cm³/mol. The summed E-state index contributed by atoms with van der Waals surface area (Å²) in [5, 5.41) is 21.4. The zero-order chi connectivity index (χ0) is 26.3. The summed E-state index contributed by atoms with van der Waals surface area (Å²) in [6, 6.07) is 19.9. The molecule has 3 rings (SSSR count). The van der Waals surface area contributed by atoms with Crippen molar-refractivity contribution in [2.45, 2.75) is 30.8 Å². The highest BCUT2D eigenvalue weighted by molar-refractivity contribution is 7.90. The molecule has 10 heteroatoms. The van der Waals surface area contributed by atoms with Gasteiger partial charge < -0.3 is 15.2 Å². The SMILES string of the molecule is CCCC(Oc1cccc(C(=N)NC(=O)O)c1)C(=O)Nc1ccc(-c2ccccc2S(C)(=O)=O)cc1. The molecule has 36 heavy (non-hydrogen) atoms. The number of hydrogen-bond acceptors (Lipinski definition) is 6. The Morgan fingerprint density at radius 2 is 1.72 bits per heavy atom. The smallest absolute Gasteiger partial charge is 0.410 e. The summed E-state index contributed by atoms with van der Waals surface area (Å²) in [6.45, 7) is 1.92. The van der Waals surface area contributed by atoms with E-state index in [2.05, 4.69) is 5.32 Å². The highest BCUT2D eigenvalue weighted by Gasteiger charge is 2.21. The van der Waals surface area contributed by atoms with Gasteiger partial charge in [0, 0.05) is 23.1 Å². The van der Waals surface area contributed by atoms with Crippen molar-refractivity contribution in [1.29, 1.82) is 5.41 Å².